The van der Waals surface area contributed by atoms with Crippen molar-refractivity contribution in [2.75, 3.05) is 18.0 Å². The van der Waals surface area contributed by atoms with Gasteiger partial charge in [0, 0.05) is 19.2 Å². The first-order valence-corrected chi connectivity index (χ1v) is 7.85. The number of aromatic nitrogens is 2. The fourth-order valence-electron chi connectivity index (χ4n) is 2.89. The Morgan fingerprint density at radius 3 is 2.43 bits per heavy atom. The van der Waals surface area contributed by atoms with Crippen molar-refractivity contribution in [3.05, 3.63) is 56.2 Å². The number of anilines is 1. The minimum atomic E-state index is -0.507. The van der Waals surface area contributed by atoms with Gasteiger partial charge in [0.15, 0.2) is 0 Å². The molecule has 2 aromatic rings. The third-order valence-electron chi connectivity index (χ3n) is 3.77. The summed E-state index contributed by atoms with van der Waals surface area (Å²) in [4.78, 5) is 29.6. The molecular weight excluding hydrogens is 318 g/mol. The maximum atomic E-state index is 12.4. The number of benzene rings is 1. The van der Waals surface area contributed by atoms with Gasteiger partial charge < -0.3 is 9.64 Å². The van der Waals surface area contributed by atoms with Gasteiger partial charge in [-0.3, -0.25) is 9.78 Å². The highest BCUT2D eigenvalue weighted by molar-refractivity contribution is 6.32. The van der Waals surface area contributed by atoms with Gasteiger partial charge in [-0.15, -0.1) is 0 Å². The van der Waals surface area contributed by atoms with Crippen molar-refractivity contribution in [3.63, 3.8) is 0 Å². The second kappa shape index (κ2) is 6.22. The first kappa shape index (κ1) is 15.8. The Balaban J connectivity index is 2.03. The summed E-state index contributed by atoms with van der Waals surface area (Å²) >= 11 is 6.09. The Kier molecular flexibility index (Phi) is 4.28. The van der Waals surface area contributed by atoms with Gasteiger partial charge in [-0.05, 0) is 26.0 Å². The summed E-state index contributed by atoms with van der Waals surface area (Å²) in [6.45, 7) is 5.17. The first-order chi connectivity index (χ1) is 11.0. The van der Waals surface area contributed by atoms with Crippen LogP contribution in [0.5, 0.6) is 0 Å². The highest BCUT2D eigenvalue weighted by Crippen LogP contribution is 2.18. The summed E-state index contributed by atoms with van der Waals surface area (Å²) in [5.74, 6) is 0.505. The van der Waals surface area contributed by atoms with Crippen LogP contribution in [0.4, 0.5) is 5.82 Å². The molecule has 0 unspecified atom stereocenters. The van der Waals surface area contributed by atoms with Gasteiger partial charge in [0.25, 0.3) is 5.56 Å². The molecular formula is C16H18ClN3O3. The Bertz CT molecular complexity index is 789. The molecule has 1 saturated heterocycles. The van der Waals surface area contributed by atoms with Crippen molar-refractivity contribution < 1.29 is 4.74 Å². The normalized spacial score (nSPS) is 21.4. The lowest BCUT2D eigenvalue weighted by Gasteiger charge is -2.36. The Labute approximate surface area is 138 Å². The van der Waals surface area contributed by atoms with Gasteiger partial charge in [0.2, 0.25) is 0 Å². The van der Waals surface area contributed by atoms with E-state index in [1.54, 1.807) is 24.3 Å². The van der Waals surface area contributed by atoms with Crippen LogP contribution in [-0.4, -0.2) is 34.8 Å². The molecule has 1 aromatic carbocycles. The number of aromatic amines is 1. The van der Waals surface area contributed by atoms with Crippen LogP contribution >= 0.6 is 11.6 Å². The van der Waals surface area contributed by atoms with Crippen molar-refractivity contribution in [1.29, 1.82) is 0 Å². The average molecular weight is 336 g/mol. The fourth-order valence-corrected chi connectivity index (χ4v) is 3.11. The summed E-state index contributed by atoms with van der Waals surface area (Å²) in [6, 6.07) is 8.18. The molecule has 7 heteroatoms. The van der Waals surface area contributed by atoms with Crippen LogP contribution in [0.3, 0.4) is 0 Å². The van der Waals surface area contributed by atoms with Crippen molar-refractivity contribution >= 4 is 17.4 Å². The second-order valence-electron chi connectivity index (χ2n) is 5.75. The molecule has 0 amide bonds. The smallest absolute Gasteiger partial charge is 0.334 e. The second-order valence-corrected chi connectivity index (χ2v) is 6.15. The first-order valence-electron chi connectivity index (χ1n) is 7.47. The molecule has 0 spiro atoms. The SMILES string of the molecule is C[C@H]1CN(c2cc(=O)n(-c3ccccc3Cl)c(=O)[nH]2)C[C@H](C)O1. The zero-order chi connectivity index (χ0) is 16.6. The molecule has 1 fully saturated rings. The van der Waals surface area contributed by atoms with E-state index in [0.29, 0.717) is 29.6 Å². The molecule has 6 nitrogen and oxygen atoms in total. The van der Waals surface area contributed by atoms with E-state index in [1.807, 2.05) is 18.7 Å². The van der Waals surface area contributed by atoms with E-state index in [0.717, 1.165) is 4.57 Å². The van der Waals surface area contributed by atoms with E-state index in [1.165, 1.54) is 6.07 Å². The summed E-state index contributed by atoms with van der Waals surface area (Å²) < 4.78 is 6.71. The van der Waals surface area contributed by atoms with Gasteiger partial charge in [0.05, 0.1) is 22.9 Å². The van der Waals surface area contributed by atoms with E-state index >= 15 is 0 Å². The van der Waals surface area contributed by atoms with Crippen molar-refractivity contribution in [2.45, 2.75) is 26.1 Å². The van der Waals surface area contributed by atoms with Crippen molar-refractivity contribution in [2.24, 2.45) is 0 Å². The summed E-state index contributed by atoms with van der Waals surface area (Å²) in [5, 5.41) is 0.349. The number of rotatable bonds is 2. The van der Waals surface area contributed by atoms with E-state index in [4.69, 9.17) is 16.3 Å². The number of halogens is 1. The molecule has 122 valence electrons. The standard InChI is InChI=1S/C16H18ClN3O3/c1-10-8-19(9-11(2)23-10)14-7-15(21)20(16(22)18-14)13-6-4-3-5-12(13)17/h3-7,10-11H,8-9H2,1-2H3,(H,18,22)/t10-,11-/m0/s1. The van der Waals surface area contributed by atoms with Gasteiger partial charge in [-0.2, -0.15) is 0 Å². The number of ether oxygens (including phenoxy) is 1. The highest BCUT2D eigenvalue weighted by Gasteiger charge is 2.24. The lowest BCUT2D eigenvalue weighted by atomic mass is 10.2. The lowest BCUT2D eigenvalue weighted by Crippen LogP contribution is -2.47. The topological polar surface area (TPSA) is 67.3 Å². The Hall–Kier alpha value is -2.05. The van der Waals surface area contributed by atoms with Gasteiger partial charge in [-0.25, -0.2) is 9.36 Å². The van der Waals surface area contributed by atoms with E-state index < -0.39 is 11.2 Å². The molecule has 0 radical (unpaired) electrons. The molecule has 0 saturated carbocycles. The monoisotopic (exact) mass is 335 g/mol. The van der Waals surface area contributed by atoms with Crippen LogP contribution in [0.25, 0.3) is 5.69 Å². The number of morpholine rings is 1. The van der Waals surface area contributed by atoms with Crippen LogP contribution < -0.4 is 16.1 Å². The van der Waals surface area contributed by atoms with Crippen LogP contribution in [0.1, 0.15) is 13.8 Å². The zero-order valence-electron chi connectivity index (χ0n) is 13.0. The number of para-hydroxylation sites is 1. The van der Waals surface area contributed by atoms with Crippen molar-refractivity contribution in [1.82, 2.24) is 9.55 Å². The third-order valence-corrected chi connectivity index (χ3v) is 4.09. The molecule has 23 heavy (non-hydrogen) atoms. The summed E-state index contributed by atoms with van der Waals surface area (Å²) in [6.07, 6.45) is 0.0708. The van der Waals surface area contributed by atoms with Crippen LogP contribution in [0.15, 0.2) is 39.9 Å². The predicted octanol–water partition coefficient (Wildman–Crippen LogP) is 1.79. The van der Waals surface area contributed by atoms with Gasteiger partial charge in [-0.1, -0.05) is 23.7 Å². The third kappa shape index (κ3) is 3.18. The molecule has 1 N–H and O–H groups in total. The average Bonchev–Trinajstić information content (AvgIpc) is 2.47. The van der Waals surface area contributed by atoms with Crippen LogP contribution in [-0.2, 0) is 4.74 Å². The summed E-state index contributed by atoms with van der Waals surface area (Å²) in [5.41, 5.74) is -0.549. The molecule has 2 heterocycles. The van der Waals surface area contributed by atoms with Crippen molar-refractivity contribution in [3.8, 4) is 5.69 Å². The molecule has 3 rings (SSSR count). The molecule has 1 aliphatic rings. The molecule has 1 aromatic heterocycles. The number of H-pyrrole nitrogens is 1. The Morgan fingerprint density at radius 2 is 1.83 bits per heavy atom. The van der Waals surface area contributed by atoms with E-state index in [2.05, 4.69) is 4.98 Å². The maximum Gasteiger partial charge on any atom is 0.334 e. The van der Waals surface area contributed by atoms with Gasteiger partial charge >= 0.3 is 5.69 Å². The zero-order valence-corrected chi connectivity index (χ0v) is 13.7. The minimum Gasteiger partial charge on any atom is -0.372 e. The molecule has 2 atom stereocenters. The van der Waals surface area contributed by atoms with Gasteiger partial charge in [0.1, 0.15) is 5.82 Å². The van der Waals surface area contributed by atoms with Crippen LogP contribution in [0, 0.1) is 0 Å². The lowest BCUT2D eigenvalue weighted by molar-refractivity contribution is -0.00549. The number of hydrogen-bond acceptors (Lipinski definition) is 4. The van der Waals surface area contributed by atoms with E-state index in [-0.39, 0.29) is 12.2 Å². The maximum absolute atomic E-state index is 12.4. The minimum absolute atomic E-state index is 0.0354. The predicted molar refractivity (Wildman–Crippen MR) is 89.9 cm³/mol. The fraction of sp³-hybridized carbons (Fsp3) is 0.375. The quantitative estimate of drug-likeness (QED) is 0.908. The summed E-state index contributed by atoms with van der Waals surface area (Å²) in [7, 11) is 0. The largest absolute Gasteiger partial charge is 0.372 e. The molecule has 1 aliphatic heterocycles. The number of nitrogens with zero attached hydrogens (tertiary/aromatic N) is 2. The Morgan fingerprint density at radius 1 is 1.17 bits per heavy atom. The highest BCUT2D eigenvalue weighted by atomic mass is 35.5. The van der Waals surface area contributed by atoms with E-state index in [9.17, 15) is 9.59 Å². The number of hydrogen-bond donors (Lipinski definition) is 1. The molecule has 0 aliphatic carbocycles. The van der Waals surface area contributed by atoms with Crippen LogP contribution in [0.2, 0.25) is 5.02 Å². The molecule has 0 bridgehead atoms. The number of nitrogens with one attached hydrogen (secondary N) is 1.